The van der Waals surface area contributed by atoms with Crippen LogP contribution in [0.1, 0.15) is 39.0 Å². The second-order valence-electron chi connectivity index (χ2n) is 6.71. The molecule has 0 amide bonds. The molecule has 116 valence electrons. The van der Waals surface area contributed by atoms with Crippen LogP contribution >= 0.6 is 0 Å². The first-order chi connectivity index (χ1) is 9.56. The Morgan fingerprint density at radius 3 is 2.70 bits per heavy atom. The minimum atomic E-state index is -0.440. The van der Waals surface area contributed by atoms with Crippen LogP contribution in [0.3, 0.4) is 0 Å². The molecular formula is C15H27NO4. The number of rotatable bonds is 2. The summed E-state index contributed by atoms with van der Waals surface area (Å²) < 4.78 is 17.3. The van der Waals surface area contributed by atoms with Gasteiger partial charge in [-0.25, -0.2) is 0 Å². The molecule has 20 heavy (non-hydrogen) atoms. The van der Waals surface area contributed by atoms with Crippen molar-refractivity contribution in [3.05, 3.63) is 0 Å². The molecule has 5 nitrogen and oxygen atoms in total. The number of hydrogen-bond donors (Lipinski definition) is 1. The number of piperidine rings is 1. The Morgan fingerprint density at radius 1 is 1.25 bits per heavy atom. The molecule has 3 aliphatic rings. The normalized spacial score (nSPS) is 42.1. The number of aliphatic hydroxyl groups excluding tert-OH is 1. The summed E-state index contributed by atoms with van der Waals surface area (Å²) in [5, 5.41) is 10.4. The van der Waals surface area contributed by atoms with Gasteiger partial charge in [0.25, 0.3) is 0 Å². The first-order valence-electron chi connectivity index (χ1n) is 7.81. The summed E-state index contributed by atoms with van der Waals surface area (Å²) >= 11 is 0. The number of ether oxygens (including phenoxy) is 3. The molecule has 3 atom stereocenters. The molecule has 1 spiro atoms. The van der Waals surface area contributed by atoms with Crippen molar-refractivity contribution < 1.29 is 19.3 Å². The van der Waals surface area contributed by atoms with Crippen molar-refractivity contribution >= 4 is 0 Å². The molecule has 0 aromatic rings. The van der Waals surface area contributed by atoms with Gasteiger partial charge in [-0.2, -0.15) is 0 Å². The standard InChI is InChI=1S/C15H27NO4/c1-14(18-2)5-3-7-16(11-14)12-10-15(6-4-13(12)17)19-8-9-20-15/h12-13,17H,3-11H2,1-2H3. The Balaban J connectivity index is 1.70. The smallest absolute Gasteiger partial charge is 0.170 e. The molecule has 0 aromatic carbocycles. The van der Waals surface area contributed by atoms with Crippen molar-refractivity contribution in [1.82, 2.24) is 4.90 Å². The highest BCUT2D eigenvalue weighted by molar-refractivity contribution is 4.96. The number of aliphatic hydroxyl groups is 1. The molecule has 1 aliphatic carbocycles. The fourth-order valence-corrected chi connectivity index (χ4v) is 3.94. The van der Waals surface area contributed by atoms with E-state index in [1.165, 1.54) is 0 Å². The number of nitrogens with zero attached hydrogens (tertiary/aromatic N) is 1. The fourth-order valence-electron chi connectivity index (χ4n) is 3.94. The summed E-state index contributed by atoms with van der Waals surface area (Å²) in [6.07, 6.45) is 4.25. The molecule has 1 saturated carbocycles. The lowest BCUT2D eigenvalue weighted by Crippen LogP contribution is -2.58. The van der Waals surface area contributed by atoms with E-state index in [9.17, 15) is 5.11 Å². The van der Waals surface area contributed by atoms with E-state index in [1.807, 2.05) is 0 Å². The predicted molar refractivity (Wildman–Crippen MR) is 74.5 cm³/mol. The van der Waals surface area contributed by atoms with Gasteiger partial charge in [0, 0.05) is 32.5 Å². The van der Waals surface area contributed by atoms with E-state index in [4.69, 9.17) is 14.2 Å². The molecule has 0 bridgehead atoms. The van der Waals surface area contributed by atoms with Gasteiger partial charge in [0.2, 0.25) is 0 Å². The molecule has 1 N–H and O–H groups in total. The summed E-state index contributed by atoms with van der Waals surface area (Å²) in [5.74, 6) is -0.440. The Labute approximate surface area is 121 Å². The summed E-state index contributed by atoms with van der Waals surface area (Å²) in [6.45, 7) is 5.42. The van der Waals surface area contributed by atoms with Crippen LogP contribution in [0.4, 0.5) is 0 Å². The summed E-state index contributed by atoms with van der Waals surface area (Å²) in [4.78, 5) is 2.38. The number of methoxy groups -OCH3 is 1. The number of hydrogen-bond acceptors (Lipinski definition) is 5. The lowest BCUT2D eigenvalue weighted by Gasteiger charge is -2.48. The van der Waals surface area contributed by atoms with E-state index in [-0.39, 0.29) is 17.7 Å². The highest BCUT2D eigenvalue weighted by Crippen LogP contribution is 2.39. The zero-order chi connectivity index (χ0) is 14.2. The quantitative estimate of drug-likeness (QED) is 0.824. The van der Waals surface area contributed by atoms with Gasteiger partial charge in [0.1, 0.15) is 0 Å². The molecule has 2 saturated heterocycles. The van der Waals surface area contributed by atoms with Crippen LogP contribution in [0.15, 0.2) is 0 Å². The summed E-state index contributed by atoms with van der Waals surface area (Å²) in [7, 11) is 1.78. The van der Waals surface area contributed by atoms with Gasteiger partial charge in [-0.3, -0.25) is 4.90 Å². The van der Waals surface area contributed by atoms with Crippen molar-refractivity contribution in [2.75, 3.05) is 33.4 Å². The van der Waals surface area contributed by atoms with E-state index >= 15 is 0 Å². The van der Waals surface area contributed by atoms with Crippen LogP contribution in [0.2, 0.25) is 0 Å². The van der Waals surface area contributed by atoms with E-state index in [2.05, 4.69) is 11.8 Å². The van der Waals surface area contributed by atoms with E-state index in [0.717, 1.165) is 45.2 Å². The van der Waals surface area contributed by atoms with Gasteiger partial charge in [-0.15, -0.1) is 0 Å². The maximum atomic E-state index is 10.4. The van der Waals surface area contributed by atoms with Crippen LogP contribution in [0.25, 0.3) is 0 Å². The van der Waals surface area contributed by atoms with E-state index < -0.39 is 5.79 Å². The van der Waals surface area contributed by atoms with Crippen LogP contribution in [0, 0.1) is 0 Å². The van der Waals surface area contributed by atoms with Crippen molar-refractivity contribution in [2.24, 2.45) is 0 Å². The molecule has 3 fully saturated rings. The molecule has 2 aliphatic heterocycles. The zero-order valence-electron chi connectivity index (χ0n) is 12.6. The van der Waals surface area contributed by atoms with Crippen molar-refractivity contribution in [2.45, 2.75) is 62.6 Å². The molecule has 0 aromatic heterocycles. The number of likely N-dealkylation sites (tertiary alicyclic amines) is 1. The van der Waals surface area contributed by atoms with Crippen molar-refractivity contribution in [1.29, 1.82) is 0 Å². The Kier molecular flexibility index (Phi) is 4.08. The molecule has 3 rings (SSSR count). The highest BCUT2D eigenvalue weighted by Gasteiger charge is 2.48. The topological polar surface area (TPSA) is 51.2 Å². The maximum absolute atomic E-state index is 10.4. The first-order valence-corrected chi connectivity index (χ1v) is 7.81. The third-order valence-corrected chi connectivity index (χ3v) is 5.25. The monoisotopic (exact) mass is 285 g/mol. The SMILES string of the molecule is COC1(C)CCCN(C2CC3(CCC2O)OCCO3)C1. The Bertz CT molecular complexity index is 345. The lowest BCUT2D eigenvalue weighted by molar-refractivity contribution is -0.210. The van der Waals surface area contributed by atoms with Crippen LogP contribution in [-0.2, 0) is 14.2 Å². The van der Waals surface area contributed by atoms with Gasteiger partial charge in [-0.1, -0.05) is 0 Å². The maximum Gasteiger partial charge on any atom is 0.170 e. The molecule has 2 heterocycles. The van der Waals surface area contributed by atoms with E-state index in [0.29, 0.717) is 13.2 Å². The van der Waals surface area contributed by atoms with Gasteiger partial charge in [0.15, 0.2) is 5.79 Å². The zero-order valence-corrected chi connectivity index (χ0v) is 12.6. The van der Waals surface area contributed by atoms with Gasteiger partial charge < -0.3 is 19.3 Å². The molecule has 0 radical (unpaired) electrons. The highest BCUT2D eigenvalue weighted by atomic mass is 16.7. The second-order valence-corrected chi connectivity index (χ2v) is 6.71. The summed E-state index contributed by atoms with van der Waals surface area (Å²) in [5.41, 5.74) is -0.0973. The Hall–Kier alpha value is -0.200. The molecule has 3 unspecified atom stereocenters. The lowest BCUT2D eigenvalue weighted by atomic mass is 9.84. The van der Waals surface area contributed by atoms with Crippen LogP contribution < -0.4 is 0 Å². The van der Waals surface area contributed by atoms with Crippen LogP contribution in [-0.4, -0.2) is 67.0 Å². The van der Waals surface area contributed by atoms with Gasteiger partial charge >= 0.3 is 0 Å². The van der Waals surface area contributed by atoms with Gasteiger partial charge in [0.05, 0.1) is 24.9 Å². The second kappa shape index (κ2) is 5.54. The third-order valence-electron chi connectivity index (χ3n) is 5.25. The minimum Gasteiger partial charge on any atom is -0.391 e. The van der Waals surface area contributed by atoms with Crippen LogP contribution in [0.5, 0.6) is 0 Å². The Morgan fingerprint density at radius 2 is 2.00 bits per heavy atom. The first kappa shape index (κ1) is 14.7. The van der Waals surface area contributed by atoms with Gasteiger partial charge in [-0.05, 0) is 32.7 Å². The van der Waals surface area contributed by atoms with Crippen molar-refractivity contribution in [3.8, 4) is 0 Å². The molecule has 5 heteroatoms. The average molecular weight is 285 g/mol. The molecular weight excluding hydrogens is 258 g/mol. The largest absolute Gasteiger partial charge is 0.391 e. The fraction of sp³-hybridized carbons (Fsp3) is 1.00. The van der Waals surface area contributed by atoms with E-state index in [1.54, 1.807) is 7.11 Å². The average Bonchev–Trinajstić information content (AvgIpc) is 2.90. The summed E-state index contributed by atoms with van der Waals surface area (Å²) in [6, 6.07) is 0.122. The van der Waals surface area contributed by atoms with Crippen molar-refractivity contribution in [3.63, 3.8) is 0 Å². The third kappa shape index (κ3) is 2.74. The predicted octanol–water partition coefficient (Wildman–Crippen LogP) is 1.14. The minimum absolute atomic E-state index is 0.0973.